The minimum absolute atomic E-state index is 0.175. The van der Waals surface area contributed by atoms with Gasteiger partial charge in [-0.3, -0.25) is 9.59 Å². The van der Waals surface area contributed by atoms with Crippen LogP contribution in [0.25, 0.3) is 0 Å². The minimum atomic E-state index is -0.344. The van der Waals surface area contributed by atoms with Crippen LogP contribution in [-0.2, 0) is 9.59 Å². The fourth-order valence-corrected chi connectivity index (χ4v) is 1.53. The average molecular weight is 269 g/mol. The van der Waals surface area contributed by atoms with Gasteiger partial charge in [-0.2, -0.15) is 0 Å². The maximum Gasteiger partial charge on any atom is 0.233 e. The number of carbonyl (C=O) groups is 2. The number of benzene rings is 1. The number of anilines is 1. The predicted octanol–water partition coefficient (Wildman–Crippen LogP) is 2.50. The molecule has 2 amide bonds. The highest BCUT2D eigenvalue weighted by molar-refractivity contribution is 6.31. The maximum absolute atomic E-state index is 11.6. The molecule has 0 aliphatic heterocycles. The normalized spacial score (nSPS) is 9.94. The first-order valence-electron chi connectivity index (χ1n) is 5.85. The van der Waals surface area contributed by atoms with Gasteiger partial charge in [0, 0.05) is 17.3 Å². The van der Waals surface area contributed by atoms with Gasteiger partial charge in [-0.25, -0.2) is 0 Å². The van der Waals surface area contributed by atoms with Gasteiger partial charge in [-0.15, -0.1) is 0 Å². The van der Waals surface area contributed by atoms with Crippen molar-refractivity contribution in [3.05, 3.63) is 28.8 Å². The van der Waals surface area contributed by atoms with E-state index in [1.54, 1.807) is 12.1 Å². The smallest absolute Gasteiger partial charge is 0.233 e. The fourth-order valence-electron chi connectivity index (χ4n) is 1.35. The molecule has 4 nitrogen and oxygen atoms in total. The first-order valence-corrected chi connectivity index (χ1v) is 6.23. The molecule has 0 radical (unpaired) electrons. The monoisotopic (exact) mass is 268 g/mol. The maximum atomic E-state index is 11.6. The van der Waals surface area contributed by atoms with E-state index < -0.39 is 0 Å². The third-order valence-corrected chi connectivity index (χ3v) is 2.76. The van der Waals surface area contributed by atoms with Gasteiger partial charge in [0.05, 0.1) is 0 Å². The van der Waals surface area contributed by atoms with Gasteiger partial charge in [0.15, 0.2) is 0 Å². The van der Waals surface area contributed by atoms with Crippen LogP contribution in [0.4, 0.5) is 5.69 Å². The van der Waals surface area contributed by atoms with E-state index in [0.717, 1.165) is 12.0 Å². The standard InChI is InChI=1S/C13H17ClN2O2/c1-3-6-15-12(17)8-13(18)16-10-5-4-9(2)11(14)7-10/h4-5,7H,3,6,8H2,1-2H3,(H,15,17)(H,16,18). The molecule has 0 aliphatic carbocycles. The van der Waals surface area contributed by atoms with Gasteiger partial charge in [0.1, 0.15) is 6.42 Å². The highest BCUT2D eigenvalue weighted by Crippen LogP contribution is 2.19. The molecule has 0 spiro atoms. The van der Waals surface area contributed by atoms with Crippen LogP contribution in [0.3, 0.4) is 0 Å². The molecule has 0 saturated heterocycles. The van der Waals surface area contributed by atoms with E-state index in [1.165, 1.54) is 0 Å². The lowest BCUT2D eigenvalue weighted by molar-refractivity contribution is -0.126. The van der Waals surface area contributed by atoms with E-state index in [1.807, 2.05) is 19.9 Å². The lowest BCUT2D eigenvalue weighted by Crippen LogP contribution is -2.28. The van der Waals surface area contributed by atoms with Crippen LogP contribution in [0.5, 0.6) is 0 Å². The van der Waals surface area contributed by atoms with Crippen LogP contribution in [0, 0.1) is 6.92 Å². The molecule has 1 aromatic carbocycles. The van der Waals surface area contributed by atoms with E-state index in [0.29, 0.717) is 17.3 Å². The van der Waals surface area contributed by atoms with E-state index in [9.17, 15) is 9.59 Å². The Hall–Kier alpha value is -1.55. The van der Waals surface area contributed by atoms with E-state index in [4.69, 9.17) is 11.6 Å². The van der Waals surface area contributed by atoms with Gasteiger partial charge >= 0.3 is 0 Å². The summed E-state index contributed by atoms with van der Waals surface area (Å²) in [5, 5.41) is 5.86. The molecule has 18 heavy (non-hydrogen) atoms. The lowest BCUT2D eigenvalue weighted by atomic mass is 10.2. The number of halogens is 1. The molecule has 0 aromatic heterocycles. The molecule has 0 heterocycles. The van der Waals surface area contributed by atoms with Crippen LogP contribution in [0.15, 0.2) is 18.2 Å². The quantitative estimate of drug-likeness (QED) is 0.806. The first kappa shape index (κ1) is 14.5. The Morgan fingerprint density at radius 3 is 2.61 bits per heavy atom. The van der Waals surface area contributed by atoms with Crippen LogP contribution in [0.1, 0.15) is 25.3 Å². The molecule has 0 aliphatic rings. The van der Waals surface area contributed by atoms with Crippen molar-refractivity contribution < 1.29 is 9.59 Å². The Morgan fingerprint density at radius 2 is 2.00 bits per heavy atom. The number of rotatable bonds is 5. The summed E-state index contributed by atoms with van der Waals surface area (Å²) in [6.45, 7) is 4.42. The first-order chi connectivity index (χ1) is 8.52. The molecule has 0 atom stereocenters. The molecule has 0 saturated carbocycles. The highest BCUT2D eigenvalue weighted by atomic mass is 35.5. The molecule has 2 N–H and O–H groups in total. The summed E-state index contributed by atoms with van der Waals surface area (Å²) in [5.74, 6) is -0.615. The zero-order valence-electron chi connectivity index (χ0n) is 10.5. The number of aryl methyl sites for hydroxylation is 1. The van der Waals surface area contributed by atoms with Crippen LogP contribution in [-0.4, -0.2) is 18.4 Å². The highest BCUT2D eigenvalue weighted by Gasteiger charge is 2.09. The van der Waals surface area contributed by atoms with Gasteiger partial charge in [0.2, 0.25) is 11.8 Å². The molecule has 5 heteroatoms. The van der Waals surface area contributed by atoms with Crippen molar-refractivity contribution in [2.75, 3.05) is 11.9 Å². The largest absolute Gasteiger partial charge is 0.356 e. The number of amides is 2. The van der Waals surface area contributed by atoms with Crippen molar-refractivity contribution in [2.24, 2.45) is 0 Å². The van der Waals surface area contributed by atoms with Crippen LogP contribution in [0.2, 0.25) is 5.02 Å². The Labute approximate surface area is 112 Å². The Bertz CT molecular complexity index is 447. The van der Waals surface area contributed by atoms with Crippen molar-refractivity contribution in [1.82, 2.24) is 5.32 Å². The molecule has 0 unspecified atom stereocenters. The second kappa shape index (κ2) is 7.01. The average Bonchev–Trinajstić information content (AvgIpc) is 2.31. The van der Waals surface area contributed by atoms with Crippen LogP contribution < -0.4 is 10.6 Å². The molecule has 98 valence electrons. The number of hydrogen-bond acceptors (Lipinski definition) is 2. The van der Waals surface area contributed by atoms with Crippen molar-refractivity contribution in [1.29, 1.82) is 0 Å². The van der Waals surface area contributed by atoms with Crippen molar-refractivity contribution in [3.63, 3.8) is 0 Å². The topological polar surface area (TPSA) is 58.2 Å². The summed E-state index contributed by atoms with van der Waals surface area (Å²) in [5.41, 5.74) is 1.54. The minimum Gasteiger partial charge on any atom is -0.356 e. The second-order valence-electron chi connectivity index (χ2n) is 4.04. The van der Waals surface area contributed by atoms with Crippen molar-refractivity contribution >= 4 is 29.1 Å². The zero-order chi connectivity index (χ0) is 13.5. The Kier molecular flexibility index (Phi) is 5.65. The van der Waals surface area contributed by atoms with Crippen LogP contribution >= 0.6 is 11.6 Å². The summed E-state index contributed by atoms with van der Waals surface area (Å²) in [6.07, 6.45) is 0.673. The summed E-state index contributed by atoms with van der Waals surface area (Å²) < 4.78 is 0. The van der Waals surface area contributed by atoms with Gasteiger partial charge in [-0.05, 0) is 31.0 Å². The van der Waals surface area contributed by atoms with E-state index >= 15 is 0 Å². The fraction of sp³-hybridized carbons (Fsp3) is 0.385. The molecule has 1 rings (SSSR count). The Morgan fingerprint density at radius 1 is 1.28 bits per heavy atom. The summed E-state index contributed by atoms with van der Waals surface area (Å²) in [6, 6.07) is 5.23. The molecule has 0 fully saturated rings. The predicted molar refractivity (Wildman–Crippen MR) is 72.7 cm³/mol. The van der Waals surface area contributed by atoms with E-state index in [-0.39, 0.29) is 18.2 Å². The number of nitrogens with one attached hydrogen (secondary N) is 2. The van der Waals surface area contributed by atoms with Crippen molar-refractivity contribution in [2.45, 2.75) is 26.7 Å². The molecule has 1 aromatic rings. The van der Waals surface area contributed by atoms with Gasteiger partial charge in [0.25, 0.3) is 0 Å². The van der Waals surface area contributed by atoms with Gasteiger partial charge in [-0.1, -0.05) is 24.6 Å². The third-order valence-electron chi connectivity index (χ3n) is 2.35. The third kappa shape index (κ3) is 4.75. The lowest BCUT2D eigenvalue weighted by Gasteiger charge is -2.07. The number of carbonyl (C=O) groups excluding carboxylic acids is 2. The number of hydrogen-bond donors (Lipinski definition) is 2. The van der Waals surface area contributed by atoms with Gasteiger partial charge < -0.3 is 10.6 Å². The summed E-state index contributed by atoms with van der Waals surface area (Å²) >= 11 is 5.94. The molecule has 0 bridgehead atoms. The SMILES string of the molecule is CCCNC(=O)CC(=O)Nc1ccc(C)c(Cl)c1. The summed E-state index contributed by atoms with van der Waals surface area (Å²) in [7, 11) is 0. The molecular formula is C13H17ClN2O2. The zero-order valence-corrected chi connectivity index (χ0v) is 11.3. The van der Waals surface area contributed by atoms with E-state index in [2.05, 4.69) is 10.6 Å². The Balaban J connectivity index is 2.49. The second-order valence-corrected chi connectivity index (χ2v) is 4.45. The van der Waals surface area contributed by atoms with Crippen molar-refractivity contribution in [3.8, 4) is 0 Å². The summed E-state index contributed by atoms with van der Waals surface area (Å²) in [4.78, 5) is 22.9. The molecular weight excluding hydrogens is 252 g/mol.